The van der Waals surface area contributed by atoms with Crippen molar-refractivity contribution in [1.29, 1.82) is 0 Å². The third-order valence-electron chi connectivity index (χ3n) is 3.65. The van der Waals surface area contributed by atoms with E-state index in [0.29, 0.717) is 11.6 Å². The Morgan fingerprint density at radius 3 is 2.62 bits per heavy atom. The van der Waals surface area contributed by atoms with Crippen LogP contribution in [-0.2, 0) is 11.3 Å². The second-order valence-corrected chi connectivity index (χ2v) is 6.91. The molecule has 1 aromatic heterocycles. The minimum absolute atomic E-state index is 0.0822. The van der Waals surface area contributed by atoms with Crippen LogP contribution in [-0.4, -0.2) is 28.3 Å². The molecular weight excluding hydrogens is 370 g/mol. The predicted octanol–water partition coefficient (Wildman–Crippen LogP) is 4.32. The lowest BCUT2D eigenvalue weighted by atomic mass is 10.2. The summed E-state index contributed by atoms with van der Waals surface area (Å²) in [5.41, 5.74) is 1.86. The monoisotopic (exact) mass is 387 g/mol. The minimum atomic E-state index is -0.0822. The molecule has 0 unspecified atom stereocenters. The first-order chi connectivity index (χ1) is 12.6. The van der Waals surface area contributed by atoms with Crippen LogP contribution in [0.15, 0.2) is 66.1 Å². The number of aromatic nitrogens is 2. The number of nitrogens with zero attached hydrogens (tertiary/aromatic N) is 2. The van der Waals surface area contributed by atoms with E-state index in [0.717, 1.165) is 22.2 Å². The SMILES string of the molecule is COc1ccc(NC(=O)CSc2nccn2Cc2ccc(Cl)cc2)cc1. The third-order valence-corrected chi connectivity index (χ3v) is 4.91. The van der Waals surface area contributed by atoms with Crippen molar-refractivity contribution in [3.8, 4) is 5.75 Å². The van der Waals surface area contributed by atoms with E-state index in [9.17, 15) is 4.79 Å². The molecule has 3 aromatic rings. The number of hydrogen-bond donors (Lipinski definition) is 1. The van der Waals surface area contributed by atoms with E-state index in [-0.39, 0.29) is 11.7 Å². The third kappa shape index (κ3) is 5.03. The molecule has 1 N–H and O–H groups in total. The fourth-order valence-corrected chi connectivity index (χ4v) is 3.23. The second kappa shape index (κ2) is 8.78. The number of amides is 1. The summed E-state index contributed by atoms with van der Waals surface area (Å²) in [5, 5.41) is 4.37. The average Bonchev–Trinajstić information content (AvgIpc) is 3.09. The molecule has 0 atom stereocenters. The summed E-state index contributed by atoms with van der Waals surface area (Å²) < 4.78 is 7.11. The highest BCUT2D eigenvalue weighted by Gasteiger charge is 2.09. The number of halogens is 1. The van der Waals surface area contributed by atoms with Gasteiger partial charge in [0, 0.05) is 29.6 Å². The highest BCUT2D eigenvalue weighted by Crippen LogP contribution is 2.19. The molecule has 0 radical (unpaired) electrons. The Bertz CT molecular complexity index is 863. The Morgan fingerprint density at radius 1 is 1.19 bits per heavy atom. The van der Waals surface area contributed by atoms with Crippen LogP contribution in [0.25, 0.3) is 0 Å². The maximum atomic E-state index is 12.2. The number of anilines is 1. The van der Waals surface area contributed by atoms with Crippen molar-refractivity contribution in [1.82, 2.24) is 9.55 Å². The molecule has 0 aliphatic carbocycles. The Balaban J connectivity index is 1.55. The lowest BCUT2D eigenvalue weighted by Crippen LogP contribution is -2.14. The van der Waals surface area contributed by atoms with E-state index in [1.807, 2.05) is 59.3 Å². The molecule has 0 saturated heterocycles. The van der Waals surface area contributed by atoms with E-state index < -0.39 is 0 Å². The van der Waals surface area contributed by atoms with Gasteiger partial charge in [0.2, 0.25) is 5.91 Å². The average molecular weight is 388 g/mol. The van der Waals surface area contributed by atoms with Gasteiger partial charge in [-0.2, -0.15) is 0 Å². The van der Waals surface area contributed by atoms with Crippen molar-refractivity contribution in [3.63, 3.8) is 0 Å². The van der Waals surface area contributed by atoms with Crippen molar-refractivity contribution in [3.05, 3.63) is 71.5 Å². The summed E-state index contributed by atoms with van der Waals surface area (Å²) in [6.07, 6.45) is 3.64. The first kappa shape index (κ1) is 18.4. The molecule has 0 saturated carbocycles. The van der Waals surface area contributed by atoms with Crippen LogP contribution in [0, 0.1) is 0 Å². The van der Waals surface area contributed by atoms with Crippen molar-refractivity contribution >= 4 is 35.0 Å². The topological polar surface area (TPSA) is 56.1 Å². The molecular formula is C19H18ClN3O2S. The summed E-state index contributed by atoms with van der Waals surface area (Å²) in [4.78, 5) is 16.5. The van der Waals surface area contributed by atoms with Gasteiger partial charge < -0.3 is 14.6 Å². The van der Waals surface area contributed by atoms with Gasteiger partial charge in [-0.25, -0.2) is 4.98 Å². The largest absolute Gasteiger partial charge is 0.497 e. The lowest BCUT2D eigenvalue weighted by molar-refractivity contribution is -0.113. The molecule has 0 fully saturated rings. The number of benzene rings is 2. The Hall–Kier alpha value is -2.44. The molecule has 7 heteroatoms. The van der Waals surface area contributed by atoms with Crippen LogP contribution in [0.2, 0.25) is 5.02 Å². The van der Waals surface area contributed by atoms with Crippen molar-refractivity contribution < 1.29 is 9.53 Å². The number of methoxy groups -OCH3 is 1. The van der Waals surface area contributed by atoms with Crippen LogP contribution in [0.5, 0.6) is 5.75 Å². The Labute approximate surface area is 161 Å². The van der Waals surface area contributed by atoms with Crippen LogP contribution in [0.1, 0.15) is 5.56 Å². The van der Waals surface area contributed by atoms with Gasteiger partial charge in [0.1, 0.15) is 5.75 Å². The molecule has 0 bridgehead atoms. The number of ether oxygens (including phenoxy) is 1. The Morgan fingerprint density at radius 2 is 1.92 bits per heavy atom. The van der Waals surface area contributed by atoms with Gasteiger partial charge in [0.05, 0.1) is 12.9 Å². The quantitative estimate of drug-likeness (QED) is 0.613. The van der Waals surface area contributed by atoms with Crippen LogP contribution in [0.3, 0.4) is 0 Å². The van der Waals surface area contributed by atoms with Crippen LogP contribution < -0.4 is 10.1 Å². The zero-order chi connectivity index (χ0) is 18.4. The van der Waals surface area contributed by atoms with Crippen molar-refractivity contribution in [2.45, 2.75) is 11.7 Å². The summed E-state index contributed by atoms with van der Waals surface area (Å²) >= 11 is 7.32. The molecule has 0 aliphatic rings. The number of rotatable bonds is 7. The summed E-state index contributed by atoms with van der Waals surface area (Å²) in [6, 6.07) is 14.9. The number of carbonyl (C=O) groups is 1. The fourth-order valence-electron chi connectivity index (χ4n) is 2.34. The predicted molar refractivity (Wildman–Crippen MR) is 105 cm³/mol. The van der Waals surface area contributed by atoms with E-state index in [4.69, 9.17) is 16.3 Å². The maximum Gasteiger partial charge on any atom is 0.234 e. The van der Waals surface area contributed by atoms with E-state index in [2.05, 4.69) is 10.3 Å². The molecule has 0 aliphatic heterocycles. The molecule has 1 heterocycles. The van der Waals surface area contributed by atoms with Crippen molar-refractivity contribution in [2.24, 2.45) is 0 Å². The molecule has 3 rings (SSSR count). The number of imidazole rings is 1. The van der Waals surface area contributed by atoms with Gasteiger partial charge in [0.15, 0.2) is 5.16 Å². The summed E-state index contributed by atoms with van der Waals surface area (Å²) in [5.74, 6) is 0.951. The van der Waals surface area contributed by atoms with Crippen LogP contribution in [0.4, 0.5) is 5.69 Å². The minimum Gasteiger partial charge on any atom is -0.497 e. The van der Waals surface area contributed by atoms with Crippen molar-refractivity contribution in [2.75, 3.05) is 18.2 Å². The maximum absolute atomic E-state index is 12.2. The highest BCUT2D eigenvalue weighted by atomic mass is 35.5. The zero-order valence-corrected chi connectivity index (χ0v) is 15.8. The van der Waals surface area contributed by atoms with Gasteiger partial charge in [0.25, 0.3) is 0 Å². The lowest BCUT2D eigenvalue weighted by Gasteiger charge is -2.09. The van der Waals surface area contributed by atoms with Gasteiger partial charge in [-0.15, -0.1) is 0 Å². The smallest absolute Gasteiger partial charge is 0.234 e. The van der Waals surface area contributed by atoms with Crippen LogP contribution >= 0.6 is 23.4 Å². The highest BCUT2D eigenvalue weighted by molar-refractivity contribution is 7.99. The van der Waals surface area contributed by atoms with E-state index in [1.54, 1.807) is 13.3 Å². The zero-order valence-electron chi connectivity index (χ0n) is 14.2. The first-order valence-corrected chi connectivity index (χ1v) is 9.32. The standard InChI is InChI=1S/C19H18ClN3O2S/c1-25-17-8-6-16(7-9-17)22-18(24)13-26-19-21-10-11-23(19)12-14-2-4-15(20)5-3-14/h2-11H,12-13H2,1H3,(H,22,24). The molecule has 0 spiro atoms. The molecule has 2 aromatic carbocycles. The number of nitrogens with one attached hydrogen (secondary N) is 1. The summed E-state index contributed by atoms with van der Waals surface area (Å²) in [7, 11) is 1.61. The van der Waals surface area contributed by atoms with Gasteiger partial charge in [-0.3, -0.25) is 4.79 Å². The van der Waals surface area contributed by atoms with Gasteiger partial charge >= 0.3 is 0 Å². The molecule has 26 heavy (non-hydrogen) atoms. The number of hydrogen-bond acceptors (Lipinski definition) is 4. The summed E-state index contributed by atoms with van der Waals surface area (Å²) in [6.45, 7) is 0.680. The number of thioether (sulfide) groups is 1. The number of carbonyl (C=O) groups excluding carboxylic acids is 1. The Kier molecular flexibility index (Phi) is 6.20. The first-order valence-electron chi connectivity index (χ1n) is 7.96. The van der Waals surface area contributed by atoms with E-state index >= 15 is 0 Å². The molecule has 134 valence electrons. The van der Waals surface area contributed by atoms with E-state index in [1.165, 1.54) is 11.8 Å². The molecule has 1 amide bonds. The normalized spacial score (nSPS) is 10.5. The van der Waals surface area contributed by atoms with Gasteiger partial charge in [-0.1, -0.05) is 35.5 Å². The fraction of sp³-hybridized carbons (Fsp3) is 0.158. The molecule has 5 nitrogen and oxygen atoms in total. The van der Waals surface area contributed by atoms with Gasteiger partial charge in [-0.05, 0) is 42.0 Å². The second-order valence-electron chi connectivity index (χ2n) is 5.53.